The van der Waals surface area contributed by atoms with Crippen LogP contribution in [0.15, 0.2) is 36.4 Å². The van der Waals surface area contributed by atoms with Crippen molar-refractivity contribution < 1.29 is 4.79 Å². The average Bonchev–Trinajstić information content (AvgIpc) is 2.53. The summed E-state index contributed by atoms with van der Waals surface area (Å²) in [5, 5.41) is 14.0. The van der Waals surface area contributed by atoms with Gasteiger partial charge in [-0.05, 0) is 38.7 Å². The number of anilines is 1. The van der Waals surface area contributed by atoms with E-state index in [-0.39, 0.29) is 5.91 Å². The number of carbonyl (C=O) groups is 1. The highest BCUT2D eigenvalue weighted by molar-refractivity contribution is 5.92. The molecule has 0 aliphatic carbocycles. The van der Waals surface area contributed by atoms with Gasteiger partial charge in [0, 0.05) is 19.6 Å². The van der Waals surface area contributed by atoms with E-state index in [1.54, 1.807) is 12.1 Å². The molecule has 1 amide bonds. The summed E-state index contributed by atoms with van der Waals surface area (Å²) in [5.74, 6) is 0.445. The molecule has 0 saturated carbocycles. The van der Waals surface area contributed by atoms with Gasteiger partial charge in [-0.2, -0.15) is 0 Å². The molecule has 0 fully saturated rings. The van der Waals surface area contributed by atoms with E-state index in [0.717, 1.165) is 6.54 Å². The van der Waals surface area contributed by atoms with Crippen molar-refractivity contribution in [3.05, 3.63) is 53.2 Å². The number of nitrogens with one attached hydrogen (secondary N) is 2. The van der Waals surface area contributed by atoms with Crippen LogP contribution in [0.25, 0.3) is 0 Å². The first kappa shape index (κ1) is 16.9. The molecule has 1 aromatic heterocycles. The monoisotopic (exact) mass is 313 g/mol. The molecule has 0 spiro atoms. The van der Waals surface area contributed by atoms with Gasteiger partial charge >= 0.3 is 0 Å². The van der Waals surface area contributed by atoms with Crippen molar-refractivity contribution in [2.75, 3.05) is 32.5 Å². The summed E-state index contributed by atoms with van der Waals surface area (Å²) in [6.45, 7) is 4.11. The van der Waals surface area contributed by atoms with Crippen LogP contribution < -0.4 is 10.6 Å². The second kappa shape index (κ2) is 8.24. The summed E-state index contributed by atoms with van der Waals surface area (Å²) in [5.41, 5.74) is 2.72. The summed E-state index contributed by atoms with van der Waals surface area (Å²) in [4.78, 5) is 13.9. The highest BCUT2D eigenvalue weighted by Gasteiger charge is 2.07. The van der Waals surface area contributed by atoms with Crippen LogP contribution in [0.1, 0.15) is 21.6 Å². The molecule has 2 rings (SSSR count). The van der Waals surface area contributed by atoms with Crippen LogP contribution in [-0.2, 0) is 6.54 Å². The van der Waals surface area contributed by atoms with Gasteiger partial charge in [-0.25, -0.2) is 0 Å². The largest absolute Gasteiger partial charge is 0.365 e. The molecule has 6 heteroatoms. The number of aromatic nitrogens is 2. The molecule has 0 radical (unpaired) electrons. The lowest BCUT2D eigenvalue weighted by Gasteiger charge is -2.10. The lowest BCUT2D eigenvalue weighted by atomic mass is 10.1. The van der Waals surface area contributed by atoms with Crippen molar-refractivity contribution in [1.29, 1.82) is 0 Å². The highest BCUT2D eigenvalue weighted by Crippen LogP contribution is 2.08. The number of amides is 1. The Hall–Kier alpha value is -2.47. The number of hydrogen-bond acceptors (Lipinski definition) is 5. The first-order valence-corrected chi connectivity index (χ1v) is 7.60. The molecular weight excluding hydrogens is 290 g/mol. The second-order valence-electron chi connectivity index (χ2n) is 5.71. The Morgan fingerprint density at radius 1 is 1.17 bits per heavy atom. The Bertz CT molecular complexity index is 640. The third-order valence-corrected chi connectivity index (χ3v) is 3.30. The zero-order valence-electron chi connectivity index (χ0n) is 13.8. The van der Waals surface area contributed by atoms with Gasteiger partial charge in [0.15, 0.2) is 5.69 Å². The van der Waals surface area contributed by atoms with E-state index in [4.69, 9.17) is 0 Å². The van der Waals surface area contributed by atoms with Gasteiger partial charge in [0.05, 0.1) is 0 Å². The normalized spacial score (nSPS) is 10.6. The third kappa shape index (κ3) is 5.67. The summed E-state index contributed by atoms with van der Waals surface area (Å²) in [7, 11) is 3.92. The molecular formula is C17H23N5O. The van der Waals surface area contributed by atoms with Crippen LogP contribution in [-0.4, -0.2) is 48.2 Å². The predicted molar refractivity (Wildman–Crippen MR) is 91.4 cm³/mol. The summed E-state index contributed by atoms with van der Waals surface area (Å²) in [6.07, 6.45) is 0. The lowest BCUT2D eigenvalue weighted by Crippen LogP contribution is -2.31. The standard InChI is InChI=1S/C17H23N5O/c1-13-5-4-6-14(11-13)12-19-16-8-7-15(20-21-16)17(23)18-9-10-22(2)3/h4-8,11H,9-10,12H2,1-3H3,(H,18,23)(H,19,21). The van der Waals surface area contributed by atoms with Gasteiger partial charge < -0.3 is 15.5 Å². The van der Waals surface area contributed by atoms with Gasteiger partial charge in [-0.3, -0.25) is 4.79 Å². The SMILES string of the molecule is Cc1cccc(CNc2ccc(C(=O)NCCN(C)C)nn2)c1. The highest BCUT2D eigenvalue weighted by atomic mass is 16.1. The van der Waals surface area contributed by atoms with Gasteiger partial charge in [0.2, 0.25) is 0 Å². The number of nitrogens with zero attached hydrogens (tertiary/aromatic N) is 3. The molecule has 0 atom stereocenters. The third-order valence-electron chi connectivity index (χ3n) is 3.30. The van der Waals surface area contributed by atoms with E-state index in [9.17, 15) is 4.79 Å². The minimum absolute atomic E-state index is 0.204. The zero-order valence-corrected chi connectivity index (χ0v) is 13.8. The molecule has 0 aliphatic rings. The van der Waals surface area contributed by atoms with Crippen molar-refractivity contribution in [2.24, 2.45) is 0 Å². The number of hydrogen-bond donors (Lipinski definition) is 2. The topological polar surface area (TPSA) is 70.2 Å². The van der Waals surface area contributed by atoms with E-state index in [1.165, 1.54) is 11.1 Å². The van der Waals surface area contributed by atoms with E-state index >= 15 is 0 Å². The van der Waals surface area contributed by atoms with Crippen molar-refractivity contribution in [2.45, 2.75) is 13.5 Å². The molecule has 6 nitrogen and oxygen atoms in total. The number of likely N-dealkylation sites (N-methyl/N-ethyl adjacent to an activating group) is 1. The van der Waals surface area contributed by atoms with Gasteiger partial charge in [0.1, 0.15) is 5.82 Å². The Balaban J connectivity index is 1.85. The van der Waals surface area contributed by atoms with Crippen LogP contribution in [0.4, 0.5) is 5.82 Å². The molecule has 1 heterocycles. The fraction of sp³-hybridized carbons (Fsp3) is 0.353. The Morgan fingerprint density at radius 2 is 2.00 bits per heavy atom. The van der Waals surface area contributed by atoms with Gasteiger partial charge in [-0.15, -0.1) is 10.2 Å². The molecule has 23 heavy (non-hydrogen) atoms. The fourth-order valence-corrected chi connectivity index (χ4v) is 2.05. The summed E-state index contributed by atoms with van der Waals surface area (Å²) < 4.78 is 0. The average molecular weight is 313 g/mol. The first-order valence-electron chi connectivity index (χ1n) is 7.60. The van der Waals surface area contributed by atoms with Crippen LogP contribution in [0.2, 0.25) is 0 Å². The van der Waals surface area contributed by atoms with Crippen molar-refractivity contribution >= 4 is 11.7 Å². The van der Waals surface area contributed by atoms with E-state index in [0.29, 0.717) is 24.6 Å². The summed E-state index contributed by atoms with van der Waals surface area (Å²) >= 11 is 0. The van der Waals surface area contributed by atoms with Crippen molar-refractivity contribution in [3.63, 3.8) is 0 Å². The van der Waals surface area contributed by atoms with E-state index in [2.05, 4.69) is 46.0 Å². The van der Waals surface area contributed by atoms with Crippen molar-refractivity contribution in [3.8, 4) is 0 Å². The minimum Gasteiger partial charge on any atom is -0.365 e. The maximum absolute atomic E-state index is 11.9. The molecule has 122 valence electrons. The van der Waals surface area contributed by atoms with E-state index < -0.39 is 0 Å². The van der Waals surface area contributed by atoms with E-state index in [1.807, 2.05) is 25.1 Å². The molecule has 0 bridgehead atoms. The number of aryl methyl sites for hydroxylation is 1. The molecule has 0 unspecified atom stereocenters. The Morgan fingerprint density at radius 3 is 2.65 bits per heavy atom. The zero-order chi connectivity index (χ0) is 16.7. The minimum atomic E-state index is -0.204. The number of carbonyl (C=O) groups excluding carboxylic acids is 1. The van der Waals surface area contributed by atoms with Crippen molar-refractivity contribution in [1.82, 2.24) is 20.4 Å². The predicted octanol–water partition coefficient (Wildman–Crippen LogP) is 1.69. The van der Waals surface area contributed by atoms with Gasteiger partial charge in [-0.1, -0.05) is 29.8 Å². The first-order chi connectivity index (χ1) is 11.0. The number of benzene rings is 1. The van der Waals surface area contributed by atoms with Crippen LogP contribution in [0.3, 0.4) is 0 Å². The maximum atomic E-state index is 11.9. The quantitative estimate of drug-likeness (QED) is 0.814. The summed E-state index contributed by atoms with van der Waals surface area (Å²) in [6, 6.07) is 11.7. The van der Waals surface area contributed by atoms with Gasteiger partial charge in [0.25, 0.3) is 5.91 Å². The Kier molecular flexibility index (Phi) is 6.05. The molecule has 2 aromatic rings. The Labute approximate surface area is 136 Å². The molecule has 0 aliphatic heterocycles. The molecule has 0 saturated heterocycles. The van der Waals surface area contributed by atoms with Crippen LogP contribution in [0, 0.1) is 6.92 Å². The molecule has 1 aromatic carbocycles. The maximum Gasteiger partial charge on any atom is 0.271 e. The molecule has 2 N–H and O–H groups in total. The smallest absolute Gasteiger partial charge is 0.271 e. The number of rotatable bonds is 7. The lowest BCUT2D eigenvalue weighted by molar-refractivity contribution is 0.0945. The fourth-order valence-electron chi connectivity index (χ4n) is 2.05. The van der Waals surface area contributed by atoms with Crippen LogP contribution >= 0.6 is 0 Å². The second-order valence-corrected chi connectivity index (χ2v) is 5.71. The van der Waals surface area contributed by atoms with Crippen LogP contribution in [0.5, 0.6) is 0 Å².